The summed E-state index contributed by atoms with van der Waals surface area (Å²) in [6, 6.07) is 7.99. The van der Waals surface area contributed by atoms with Crippen LogP contribution in [0.4, 0.5) is 11.4 Å². The molecule has 29 heavy (non-hydrogen) atoms. The highest BCUT2D eigenvalue weighted by molar-refractivity contribution is 5.89. The number of carbonyl (C=O) groups is 1. The van der Waals surface area contributed by atoms with Gasteiger partial charge < -0.3 is 19.7 Å². The average Bonchev–Trinajstić information content (AvgIpc) is 2.70. The van der Waals surface area contributed by atoms with Gasteiger partial charge in [-0.05, 0) is 31.0 Å². The summed E-state index contributed by atoms with van der Waals surface area (Å²) < 4.78 is 11.7. The molecule has 0 spiro atoms. The lowest BCUT2D eigenvalue weighted by atomic mass is 10.2. The molecule has 1 N–H and O–H groups in total. The molecule has 0 aliphatic heterocycles. The summed E-state index contributed by atoms with van der Waals surface area (Å²) in [7, 11) is 0. The molecule has 0 unspecified atom stereocenters. The number of hydrogen-bond acceptors (Lipinski definition) is 4. The van der Waals surface area contributed by atoms with E-state index in [-0.39, 0.29) is 5.91 Å². The molecule has 1 rings (SSSR count). The fourth-order valence-electron chi connectivity index (χ4n) is 3.17. The normalized spacial score (nSPS) is 10.9. The Morgan fingerprint density at radius 2 is 1.45 bits per heavy atom. The van der Waals surface area contributed by atoms with Crippen molar-refractivity contribution in [3.63, 3.8) is 0 Å². The van der Waals surface area contributed by atoms with Gasteiger partial charge in [0.15, 0.2) is 0 Å². The second kappa shape index (κ2) is 17.3. The number of benzene rings is 1. The summed E-state index contributed by atoms with van der Waals surface area (Å²) in [4.78, 5) is 13.6. The van der Waals surface area contributed by atoms with Gasteiger partial charge in [-0.15, -0.1) is 0 Å². The van der Waals surface area contributed by atoms with Gasteiger partial charge in [0, 0.05) is 44.6 Å². The number of hydrogen-bond donors (Lipinski definition) is 1. The average molecular weight is 407 g/mol. The van der Waals surface area contributed by atoms with Gasteiger partial charge in [-0.3, -0.25) is 4.79 Å². The van der Waals surface area contributed by atoms with Crippen LogP contribution in [-0.2, 0) is 14.3 Å². The van der Waals surface area contributed by atoms with Gasteiger partial charge in [0.2, 0.25) is 5.91 Å². The summed E-state index contributed by atoms with van der Waals surface area (Å²) in [6.07, 6.45) is 9.80. The molecule has 0 saturated carbocycles. The molecule has 0 fully saturated rings. The monoisotopic (exact) mass is 406 g/mol. The Morgan fingerprint density at radius 1 is 0.862 bits per heavy atom. The first-order chi connectivity index (χ1) is 14.2. The van der Waals surface area contributed by atoms with Gasteiger partial charge in [0.25, 0.3) is 0 Å². The van der Waals surface area contributed by atoms with Crippen LogP contribution in [0.25, 0.3) is 0 Å². The highest BCUT2D eigenvalue weighted by Gasteiger charge is 2.08. The van der Waals surface area contributed by atoms with Crippen LogP contribution >= 0.6 is 0 Å². The summed E-state index contributed by atoms with van der Waals surface area (Å²) in [5.41, 5.74) is 1.90. The fraction of sp³-hybridized carbons (Fsp3) is 0.708. The zero-order valence-corrected chi connectivity index (χ0v) is 18.9. The first-order valence-corrected chi connectivity index (χ1v) is 11.5. The van der Waals surface area contributed by atoms with E-state index in [1.165, 1.54) is 45.4 Å². The van der Waals surface area contributed by atoms with Crippen molar-refractivity contribution in [3.05, 3.63) is 24.3 Å². The van der Waals surface area contributed by atoms with E-state index in [0.717, 1.165) is 50.5 Å². The van der Waals surface area contributed by atoms with Crippen LogP contribution in [0, 0.1) is 0 Å². The number of amides is 1. The molecule has 1 amide bonds. The van der Waals surface area contributed by atoms with Gasteiger partial charge in [-0.2, -0.15) is 0 Å². The summed E-state index contributed by atoms with van der Waals surface area (Å²) in [5, 5.41) is 2.86. The lowest BCUT2D eigenvalue weighted by Crippen LogP contribution is -2.31. The Balaban J connectivity index is 2.48. The van der Waals surface area contributed by atoms with Crippen LogP contribution in [0.5, 0.6) is 0 Å². The van der Waals surface area contributed by atoms with E-state index in [1.54, 1.807) is 0 Å². The molecule has 0 aliphatic rings. The predicted octanol–water partition coefficient (Wildman–Crippen LogP) is 5.65. The molecule has 0 saturated heterocycles. The van der Waals surface area contributed by atoms with Crippen LogP contribution in [-0.4, -0.2) is 45.4 Å². The molecule has 1 aromatic rings. The van der Waals surface area contributed by atoms with Crippen molar-refractivity contribution in [3.8, 4) is 0 Å². The molecule has 166 valence electrons. The van der Waals surface area contributed by atoms with Crippen LogP contribution in [0.3, 0.4) is 0 Å². The zero-order valence-electron chi connectivity index (χ0n) is 18.9. The molecular weight excluding hydrogens is 364 g/mol. The highest BCUT2D eigenvalue weighted by Crippen LogP contribution is 2.19. The largest absolute Gasteiger partial charge is 0.380 e. The van der Waals surface area contributed by atoms with Crippen molar-refractivity contribution in [2.45, 2.75) is 72.1 Å². The maximum absolute atomic E-state index is 11.4. The van der Waals surface area contributed by atoms with Crippen LogP contribution in [0.1, 0.15) is 72.1 Å². The minimum absolute atomic E-state index is 0.0560. The molecule has 5 nitrogen and oxygen atoms in total. The molecule has 0 bridgehead atoms. The molecule has 0 heterocycles. The first kappa shape index (κ1) is 25.4. The Bertz CT molecular complexity index is 519. The quantitative estimate of drug-likeness (QED) is 0.320. The maximum atomic E-state index is 11.4. The van der Waals surface area contributed by atoms with Gasteiger partial charge in [0.1, 0.15) is 0 Å². The van der Waals surface area contributed by atoms with Crippen molar-refractivity contribution in [2.75, 3.05) is 49.7 Å². The summed E-state index contributed by atoms with van der Waals surface area (Å²) >= 11 is 0. The number of rotatable bonds is 18. The SMILES string of the molecule is CCCCCCOCCN(CCOCCCCCC)c1cccc(NC(C)=O)c1. The number of nitrogens with one attached hydrogen (secondary N) is 1. The van der Waals surface area contributed by atoms with E-state index < -0.39 is 0 Å². The third-order valence-electron chi connectivity index (χ3n) is 4.83. The number of unbranched alkanes of at least 4 members (excludes halogenated alkanes) is 6. The molecule has 5 heteroatoms. The standard InChI is InChI=1S/C24H42N2O3/c1-4-6-8-10-17-28-19-15-26(16-20-29-18-11-9-7-5-2)24-14-12-13-23(21-24)25-22(3)27/h12-14,21H,4-11,15-20H2,1-3H3,(H,25,27). The topological polar surface area (TPSA) is 50.8 Å². The smallest absolute Gasteiger partial charge is 0.221 e. The van der Waals surface area contributed by atoms with E-state index in [4.69, 9.17) is 9.47 Å². The van der Waals surface area contributed by atoms with Gasteiger partial charge in [0.05, 0.1) is 13.2 Å². The van der Waals surface area contributed by atoms with Gasteiger partial charge >= 0.3 is 0 Å². The lowest BCUT2D eigenvalue weighted by Gasteiger charge is -2.25. The van der Waals surface area contributed by atoms with E-state index in [0.29, 0.717) is 13.2 Å². The second-order valence-corrected chi connectivity index (χ2v) is 7.56. The minimum atomic E-state index is -0.0560. The Labute approximate surface area is 178 Å². The van der Waals surface area contributed by atoms with Crippen molar-refractivity contribution in [1.29, 1.82) is 0 Å². The number of carbonyl (C=O) groups excluding carboxylic acids is 1. The van der Waals surface area contributed by atoms with Crippen LogP contribution in [0.2, 0.25) is 0 Å². The number of nitrogens with zero attached hydrogens (tertiary/aromatic N) is 1. The molecule has 1 aromatic carbocycles. The van der Waals surface area contributed by atoms with Gasteiger partial charge in [-0.1, -0.05) is 58.4 Å². The zero-order chi connectivity index (χ0) is 21.2. The van der Waals surface area contributed by atoms with Crippen molar-refractivity contribution in [2.24, 2.45) is 0 Å². The molecule has 0 aromatic heterocycles. The Morgan fingerprint density at radius 3 is 1.97 bits per heavy atom. The third-order valence-corrected chi connectivity index (χ3v) is 4.83. The summed E-state index contributed by atoms with van der Waals surface area (Å²) in [6.45, 7) is 10.7. The lowest BCUT2D eigenvalue weighted by molar-refractivity contribution is -0.114. The highest BCUT2D eigenvalue weighted by atomic mass is 16.5. The molecular formula is C24H42N2O3. The second-order valence-electron chi connectivity index (χ2n) is 7.56. The molecule has 0 radical (unpaired) electrons. The summed E-state index contributed by atoms with van der Waals surface area (Å²) in [5.74, 6) is -0.0560. The predicted molar refractivity (Wildman–Crippen MR) is 123 cm³/mol. The molecule has 0 aliphatic carbocycles. The number of ether oxygens (including phenoxy) is 2. The van der Waals surface area contributed by atoms with Gasteiger partial charge in [-0.25, -0.2) is 0 Å². The Hall–Kier alpha value is -1.59. The van der Waals surface area contributed by atoms with Crippen LogP contribution in [0.15, 0.2) is 24.3 Å². The van der Waals surface area contributed by atoms with Crippen molar-refractivity contribution >= 4 is 17.3 Å². The maximum Gasteiger partial charge on any atom is 0.221 e. The van der Waals surface area contributed by atoms with Crippen molar-refractivity contribution < 1.29 is 14.3 Å². The van der Waals surface area contributed by atoms with E-state index in [2.05, 4.69) is 30.1 Å². The van der Waals surface area contributed by atoms with E-state index in [9.17, 15) is 4.79 Å². The number of anilines is 2. The van der Waals surface area contributed by atoms with Crippen molar-refractivity contribution in [1.82, 2.24) is 0 Å². The fourth-order valence-corrected chi connectivity index (χ4v) is 3.17. The minimum Gasteiger partial charge on any atom is -0.380 e. The Kier molecular flexibility index (Phi) is 15.2. The molecule has 0 atom stereocenters. The first-order valence-electron chi connectivity index (χ1n) is 11.5. The van der Waals surface area contributed by atoms with E-state index >= 15 is 0 Å². The van der Waals surface area contributed by atoms with E-state index in [1.807, 2.05) is 18.2 Å². The third kappa shape index (κ3) is 13.3. The van der Waals surface area contributed by atoms with Crippen LogP contribution < -0.4 is 10.2 Å².